The van der Waals surface area contributed by atoms with Gasteiger partial charge in [0.1, 0.15) is 0 Å². The van der Waals surface area contributed by atoms with Gasteiger partial charge in [-0.05, 0) is 23.1 Å². The zero-order chi connectivity index (χ0) is 17.1. The van der Waals surface area contributed by atoms with Crippen molar-refractivity contribution in [1.29, 1.82) is 0 Å². The third kappa shape index (κ3) is 3.14. The van der Waals surface area contributed by atoms with E-state index < -0.39 is 16.5 Å². The SMILES string of the molecule is O=C(NCc1ccccc1)c1cc2cc([N+](=O)[O-])ccc2c(=O)o1. The lowest BCUT2D eigenvalue weighted by Gasteiger charge is -2.05. The van der Waals surface area contributed by atoms with Gasteiger partial charge in [-0.1, -0.05) is 30.3 Å². The first kappa shape index (κ1) is 15.4. The first-order chi connectivity index (χ1) is 11.5. The molecule has 0 radical (unpaired) electrons. The van der Waals surface area contributed by atoms with Crippen LogP contribution in [0, 0.1) is 10.1 Å². The van der Waals surface area contributed by atoms with E-state index in [4.69, 9.17) is 4.42 Å². The van der Waals surface area contributed by atoms with Crippen LogP contribution in [0.5, 0.6) is 0 Å². The summed E-state index contributed by atoms with van der Waals surface area (Å²) in [6.45, 7) is 0.274. The maximum atomic E-state index is 12.2. The molecule has 0 atom stereocenters. The Morgan fingerprint density at radius 2 is 1.88 bits per heavy atom. The highest BCUT2D eigenvalue weighted by atomic mass is 16.6. The topological polar surface area (TPSA) is 102 Å². The number of nitrogens with one attached hydrogen (secondary N) is 1. The van der Waals surface area contributed by atoms with Gasteiger partial charge in [-0.2, -0.15) is 0 Å². The van der Waals surface area contributed by atoms with Crippen molar-refractivity contribution < 1.29 is 14.1 Å². The van der Waals surface area contributed by atoms with E-state index >= 15 is 0 Å². The summed E-state index contributed by atoms with van der Waals surface area (Å²) in [6.07, 6.45) is 0. The van der Waals surface area contributed by atoms with Crippen molar-refractivity contribution in [2.45, 2.75) is 6.54 Å². The number of rotatable bonds is 4. The van der Waals surface area contributed by atoms with E-state index in [0.29, 0.717) is 0 Å². The molecule has 7 heteroatoms. The molecule has 0 aliphatic rings. The minimum Gasteiger partial charge on any atom is -0.417 e. The Bertz CT molecular complexity index is 979. The van der Waals surface area contributed by atoms with Crippen LogP contribution >= 0.6 is 0 Å². The van der Waals surface area contributed by atoms with E-state index in [2.05, 4.69) is 5.32 Å². The van der Waals surface area contributed by atoms with Gasteiger partial charge in [0.15, 0.2) is 5.76 Å². The molecular weight excluding hydrogens is 312 g/mol. The highest BCUT2D eigenvalue weighted by molar-refractivity contribution is 5.95. The van der Waals surface area contributed by atoms with Crippen LogP contribution in [0.2, 0.25) is 0 Å². The van der Waals surface area contributed by atoms with Crippen molar-refractivity contribution in [2.75, 3.05) is 0 Å². The number of carbonyl (C=O) groups excluding carboxylic acids is 1. The fourth-order valence-electron chi connectivity index (χ4n) is 2.27. The second kappa shape index (κ2) is 6.33. The Hall–Kier alpha value is -3.48. The summed E-state index contributed by atoms with van der Waals surface area (Å²) in [4.78, 5) is 34.4. The maximum Gasteiger partial charge on any atom is 0.344 e. The molecule has 1 aromatic heterocycles. The van der Waals surface area contributed by atoms with Gasteiger partial charge in [-0.3, -0.25) is 14.9 Å². The molecule has 24 heavy (non-hydrogen) atoms. The van der Waals surface area contributed by atoms with Crippen molar-refractivity contribution in [3.05, 3.63) is 86.5 Å². The monoisotopic (exact) mass is 324 g/mol. The predicted octanol–water partition coefficient (Wildman–Crippen LogP) is 2.63. The predicted molar refractivity (Wildman–Crippen MR) is 86.8 cm³/mol. The maximum absolute atomic E-state index is 12.2. The number of carbonyl (C=O) groups is 1. The molecule has 0 spiro atoms. The minimum absolute atomic E-state index is 0.163. The Morgan fingerprint density at radius 3 is 2.58 bits per heavy atom. The Kier molecular flexibility index (Phi) is 4.07. The molecule has 0 saturated carbocycles. The number of nitrogens with zero attached hydrogens (tertiary/aromatic N) is 1. The highest BCUT2D eigenvalue weighted by Gasteiger charge is 2.14. The highest BCUT2D eigenvalue weighted by Crippen LogP contribution is 2.19. The van der Waals surface area contributed by atoms with Crippen LogP contribution < -0.4 is 10.9 Å². The van der Waals surface area contributed by atoms with Gasteiger partial charge in [0, 0.05) is 18.7 Å². The number of nitro benzene ring substituents is 1. The molecule has 0 aliphatic heterocycles. The van der Waals surface area contributed by atoms with E-state index in [-0.39, 0.29) is 28.8 Å². The molecule has 0 unspecified atom stereocenters. The van der Waals surface area contributed by atoms with Crippen molar-refractivity contribution in [3.8, 4) is 0 Å². The molecule has 2 aromatic carbocycles. The number of amides is 1. The summed E-state index contributed by atoms with van der Waals surface area (Å²) in [5.74, 6) is -0.756. The number of benzene rings is 2. The van der Waals surface area contributed by atoms with Gasteiger partial charge in [0.05, 0.1) is 10.3 Å². The van der Waals surface area contributed by atoms with Crippen LogP contribution in [0.25, 0.3) is 10.8 Å². The fourth-order valence-corrected chi connectivity index (χ4v) is 2.27. The minimum atomic E-state index is -0.716. The van der Waals surface area contributed by atoms with Gasteiger partial charge in [-0.25, -0.2) is 4.79 Å². The summed E-state index contributed by atoms with van der Waals surface area (Å²) < 4.78 is 5.00. The summed E-state index contributed by atoms with van der Waals surface area (Å²) in [7, 11) is 0. The van der Waals surface area contributed by atoms with Crippen LogP contribution in [-0.2, 0) is 6.54 Å². The van der Waals surface area contributed by atoms with Gasteiger partial charge < -0.3 is 9.73 Å². The molecule has 0 aliphatic carbocycles. The molecule has 3 rings (SSSR count). The van der Waals surface area contributed by atoms with Gasteiger partial charge in [-0.15, -0.1) is 0 Å². The third-order valence-corrected chi connectivity index (χ3v) is 3.47. The van der Waals surface area contributed by atoms with Gasteiger partial charge >= 0.3 is 5.63 Å². The van der Waals surface area contributed by atoms with Crippen molar-refractivity contribution in [1.82, 2.24) is 5.32 Å². The van der Waals surface area contributed by atoms with Crippen molar-refractivity contribution in [3.63, 3.8) is 0 Å². The molecule has 0 fully saturated rings. The molecule has 7 nitrogen and oxygen atoms in total. The number of fused-ring (bicyclic) bond motifs is 1. The standard InChI is InChI=1S/C17H12N2O5/c20-16(18-10-11-4-2-1-3-5-11)15-9-12-8-13(19(22)23)6-7-14(12)17(21)24-15/h1-9H,10H2,(H,18,20). The summed E-state index contributed by atoms with van der Waals surface area (Å²) in [6, 6.07) is 14.3. The average Bonchev–Trinajstić information content (AvgIpc) is 2.60. The number of non-ortho nitro benzene ring substituents is 1. The van der Waals surface area contributed by atoms with Crippen LogP contribution in [0.4, 0.5) is 5.69 Å². The molecular formula is C17H12N2O5. The molecule has 0 saturated heterocycles. The van der Waals surface area contributed by atoms with Gasteiger partial charge in [0.25, 0.3) is 11.6 Å². The summed E-state index contributed by atoms with van der Waals surface area (Å²) in [5, 5.41) is 13.9. The molecule has 0 bridgehead atoms. The van der Waals surface area contributed by atoms with E-state index in [1.807, 2.05) is 30.3 Å². The summed E-state index contributed by atoms with van der Waals surface area (Å²) >= 11 is 0. The molecule has 1 N–H and O–H groups in total. The summed E-state index contributed by atoms with van der Waals surface area (Å²) in [5.41, 5.74) is 0.0145. The second-order valence-electron chi connectivity index (χ2n) is 5.10. The zero-order valence-electron chi connectivity index (χ0n) is 12.4. The first-order valence-corrected chi connectivity index (χ1v) is 7.09. The normalized spacial score (nSPS) is 10.5. The van der Waals surface area contributed by atoms with Crippen LogP contribution in [0.15, 0.2) is 63.8 Å². The van der Waals surface area contributed by atoms with Crippen LogP contribution in [0.3, 0.4) is 0 Å². The fraction of sp³-hybridized carbons (Fsp3) is 0.0588. The smallest absolute Gasteiger partial charge is 0.344 e. The van der Waals surface area contributed by atoms with Crippen LogP contribution in [0.1, 0.15) is 16.1 Å². The van der Waals surface area contributed by atoms with Crippen molar-refractivity contribution in [2.24, 2.45) is 0 Å². The van der Waals surface area contributed by atoms with E-state index in [9.17, 15) is 19.7 Å². The van der Waals surface area contributed by atoms with Crippen molar-refractivity contribution >= 4 is 22.4 Å². The number of hydrogen-bond acceptors (Lipinski definition) is 5. The second-order valence-corrected chi connectivity index (χ2v) is 5.10. The van der Waals surface area contributed by atoms with Crippen LogP contribution in [-0.4, -0.2) is 10.8 Å². The number of nitro groups is 1. The Balaban J connectivity index is 1.89. The van der Waals surface area contributed by atoms with E-state index in [0.717, 1.165) is 5.56 Å². The van der Waals surface area contributed by atoms with Gasteiger partial charge in [0.2, 0.25) is 0 Å². The Labute approximate surface area is 135 Å². The lowest BCUT2D eigenvalue weighted by Crippen LogP contribution is -2.23. The van der Waals surface area contributed by atoms with E-state index in [1.165, 1.54) is 24.3 Å². The lowest BCUT2D eigenvalue weighted by molar-refractivity contribution is -0.384. The average molecular weight is 324 g/mol. The zero-order valence-corrected chi connectivity index (χ0v) is 12.4. The largest absolute Gasteiger partial charge is 0.417 e. The molecule has 3 aromatic rings. The lowest BCUT2D eigenvalue weighted by atomic mass is 10.1. The first-order valence-electron chi connectivity index (χ1n) is 7.09. The molecule has 1 heterocycles. The molecule has 120 valence electrons. The molecule has 1 amide bonds. The quantitative estimate of drug-likeness (QED) is 0.587. The number of hydrogen-bond donors (Lipinski definition) is 1. The third-order valence-electron chi connectivity index (χ3n) is 3.47. The van der Waals surface area contributed by atoms with E-state index in [1.54, 1.807) is 0 Å². The Morgan fingerprint density at radius 1 is 1.12 bits per heavy atom.